The Bertz CT molecular complexity index is 493. The number of likely N-dealkylation sites (N-methyl/N-ethyl adjacent to an activating group) is 1. The molecule has 1 aromatic carbocycles. The molecule has 1 aromatic rings. The molecule has 128 valence electrons. The van der Waals surface area contributed by atoms with Crippen LogP contribution in [0.25, 0.3) is 0 Å². The molecule has 1 amide bonds. The summed E-state index contributed by atoms with van der Waals surface area (Å²) in [7, 11) is 1.99. The number of carbonyl (C=O) groups excluding carboxylic acids is 1. The number of rotatable bonds is 8. The number of carbonyl (C=O) groups is 1. The van der Waals surface area contributed by atoms with E-state index in [9.17, 15) is 4.79 Å². The minimum Gasteiger partial charge on any atom is -0.494 e. The van der Waals surface area contributed by atoms with Crippen LogP contribution in [0.15, 0.2) is 24.3 Å². The summed E-state index contributed by atoms with van der Waals surface area (Å²) in [4.78, 5) is 14.4. The monoisotopic (exact) mass is 319 g/mol. The number of hydrogen-bond donors (Lipinski definition) is 2. The first kappa shape index (κ1) is 17.8. The lowest BCUT2D eigenvalue weighted by molar-refractivity contribution is -0.122. The maximum Gasteiger partial charge on any atom is 0.234 e. The van der Waals surface area contributed by atoms with Crippen molar-refractivity contribution in [1.29, 1.82) is 0 Å². The zero-order chi connectivity index (χ0) is 16.5. The van der Waals surface area contributed by atoms with Gasteiger partial charge in [-0.3, -0.25) is 9.69 Å². The fourth-order valence-corrected chi connectivity index (χ4v) is 2.86. The van der Waals surface area contributed by atoms with Gasteiger partial charge in [0.25, 0.3) is 0 Å². The largest absolute Gasteiger partial charge is 0.494 e. The van der Waals surface area contributed by atoms with Gasteiger partial charge in [0.1, 0.15) is 5.75 Å². The van der Waals surface area contributed by atoms with Gasteiger partial charge in [-0.25, -0.2) is 0 Å². The zero-order valence-corrected chi connectivity index (χ0v) is 14.3. The molecule has 1 heterocycles. The lowest BCUT2D eigenvalue weighted by atomic mass is 10.1. The summed E-state index contributed by atoms with van der Waals surface area (Å²) < 4.78 is 5.62. The van der Waals surface area contributed by atoms with E-state index < -0.39 is 0 Å². The van der Waals surface area contributed by atoms with Gasteiger partial charge in [0.2, 0.25) is 5.91 Å². The molecule has 1 unspecified atom stereocenters. The van der Waals surface area contributed by atoms with Gasteiger partial charge in [-0.2, -0.15) is 0 Å². The summed E-state index contributed by atoms with van der Waals surface area (Å²) in [6, 6.07) is 8.43. The molecule has 0 aliphatic carbocycles. The van der Waals surface area contributed by atoms with Crippen LogP contribution in [0.1, 0.15) is 31.7 Å². The summed E-state index contributed by atoms with van der Waals surface area (Å²) in [5.41, 5.74) is 1.07. The van der Waals surface area contributed by atoms with Gasteiger partial charge in [0.05, 0.1) is 13.2 Å². The first-order chi connectivity index (χ1) is 11.2. The molecule has 0 spiro atoms. The summed E-state index contributed by atoms with van der Waals surface area (Å²) in [6.45, 7) is 5.78. The quantitative estimate of drug-likeness (QED) is 0.767. The lowest BCUT2D eigenvalue weighted by Crippen LogP contribution is -2.47. The van der Waals surface area contributed by atoms with E-state index in [2.05, 4.69) is 22.5 Å². The predicted octanol–water partition coefficient (Wildman–Crippen LogP) is 1.78. The van der Waals surface area contributed by atoms with Crippen molar-refractivity contribution in [3.8, 4) is 5.75 Å². The SMILES string of the molecule is CCCOc1cccc(CNC(=O)CN2CCCC(NC)C2)c1. The molecule has 23 heavy (non-hydrogen) atoms. The lowest BCUT2D eigenvalue weighted by Gasteiger charge is -2.31. The molecule has 2 N–H and O–H groups in total. The van der Waals surface area contributed by atoms with E-state index in [4.69, 9.17) is 4.74 Å². The van der Waals surface area contributed by atoms with Crippen molar-refractivity contribution in [3.05, 3.63) is 29.8 Å². The van der Waals surface area contributed by atoms with Crippen molar-refractivity contribution < 1.29 is 9.53 Å². The normalized spacial score (nSPS) is 18.6. The molecule has 5 nitrogen and oxygen atoms in total. The van der Waals surface area contributed by atoms with Crippen molar-refractivity contribution >= 4 is 5.91 Å². The van der Waals surface area contributed by atoms with Crippen molar-refractivity contribution in [2.75, 3.05) is 33.3 Å². The Morgan fingerprint density at radius 1 is 1.43 bits per heavy atom. The van der Waals surface area contributed by atoms with E-state index in [-0.39, 0.29) is 5.91 Å². The van der Waals surface area contributed by atoms with Crippen LogP contribution in [-0.4, -0.2) is 50.1 Å². The Hall–Kier alpha value is -1.59. The van der Waals surface area contributed by atoms with E-state index >= 15 is 0 Å². The molecule has 0 bridgehead atoms. The Kier molecular flexibility index (Phi) is 7.36. The molecule has 0 saturated carbocycles. The van der Waals surface area contributed by atoms with Crippen LogP contribution in [0.3, 0.4) is 0 Å². The van der Waals surface area contributed by atoms with Crippen molar-refractivity contribution in [1.82, 2.24) is 15.5 Å². The average molecular weight is 319 g/mol. The molecule has 1 atom stereocenters. The number of nitrogens with one attached hydrogen (secondary N) is 2. The minimum atomic E-state index is 0.0848. The number of nitrogens with zero attached hydrogens (tertiary/aromatic N) is 1. The van der Waals surface area contributed by atoms with Crippen LogP contribution in [0.2, 0.25) is 0 Å². The van der Waals surface area contributed by atoms with E-state index in [1.165, 1.54) is 6.42 Å². The standard InChI is InChI=1S/C18H29N3O2/c1-3-10-23-17-8-4-6-15(11-17)12-20-18(22)14-21-9-5-7-16(13-21)19-2/h4,6,8,11,16,19H,3,5,7,9-10,12-14H2,1-2H3,(H,20,22). The van der Waals surface area contributed by atoms with Crippen molar-refractivity contribution in [2.45, 2.75) is 38.8 Å². The van der Waals surface area contributed by atoms with Gasteiger partial charge in [-0.1, -0.05) is 19.1 Å². The second kappa shape index (κ2) is 9.53. The Labute approximate surface area is 139 Å². The van der Waals surface area contributed by atoms with Gasteiger partial charge in [-0.05, 0) is 50.6 Å². The molecule has 0 aromatic heterocycles. The zero-order valence-electron chi connectivity index (χ0n) is 14.3. The fraction of sp³-hybridized carbons (Fsp3) is 0.611. The number of piperidine rings is 1. The number of hydrogen-bond acceptors (Lipinski definition) is 4. The topological polar surface area (TPSA) is 53.6 Å². The average Bonchev–Trinajstić information content (AvgIpc) is 2.58. The van der Waals surface area contributed by atoms with E-state index in [1.54, 1.807) is 0 Å². The first-order valence-corrected chi connectivity index (χ1v) is 8.59. The van der Waals surface area contributed by atoms with Crippen molar-refractivity contribution in [2.24, 2.45) is 0 Å². The molecular weight excluding hydrogens is 290 g/mol. The minimum absolute atomic E-state index is 0.0848. The number of ether oxygens (including phenoxy) is 1. The summed E-state index contributed by atoms with van der Waals surface area (Å²) in [6.07, 6.45) is 3.33. The third-order valence-corrected chi connectivity index (χ3v) is 4.14. The Morgan fingerprint density at radius 2 is 2.30 bits per heavy atom. The molecule has 1 saturated heterocycles. The summed E-state index contributed by atoms with van der Waals surface area (Å²) >= 11 is 0. The number of amides is 1. The van der Waals surface area contributed by atoms with Crippen LogP contribution >= 0.6 is 0 Å². The van der Waals surface area contributed by atoms with Gasteiger partial charge in [-0.15, -0.1) is 0 Å². The fourth-order valence-electron chi connectivity index (χ4n) is 2.86. The third-order valence-electron chi connectivity index (χ3n) is 4.14. The maximum atomic E-state index is 12.1. The Balaban J connectivity index is 1.75. The smallest absolute Gasteiger partial charge is 0.234 e. The van der Waals surface area contributed by atoms with Crippen LogP contribution < -0.4 is 15.4 Å². The molecule has 2 rings (SSSR count). The molecule has 0 radical (unpaired) electrons. The van der Waals surface area contributed by atoms with Crippen LogP contribution in [0.4, 0.5) is 0 Å². The summed E-state index contributed by atoms with van der Waals surface area (Å²) in [5.74, 6) is 0.952. The van der Waals surface area contributed by atoms with Gasteiger partial charge < -0.3 is 15.4 Å². The van der Waals surface area contributed by atoms with E-state index in [0.717, 1.165) is 43.9 Å². The highest BCUT2D eigenvalue weighted by Gasteiger charge is 2.20. The highest BCUT2D eigenvalue weighted by atomic mass is 16.5. The first-order valence-electron chi connectivity index (χ1n) is 8.59. The molecule has 1 aliphatic rings. The van der Waals surface area contributed by atoms with Crippen LogP contribution in [0, 0.1) is 0 Å². The van der Waals surface area contributed by atoms with Crippen LogP contribution in [-0.2, 0) is 11.3 Å². The van der Waals surface area contributed by atoms with E-state index in [0.29, 0.717) is 19.1 Å². The number of benzene rings is 1. The van der Waals surface area contributed by atoms with Gasteiger partial charge >= 0.3 is 0 Å². The predicted molar refractivity (Wildman–Crippen MR) is 92.6 cm³/mol. The highest BCUT2D eigenvalue weighted by Crippen LogP contribution is 2.13. The van der Waals surface area contributed by atoms with E-state index in [1.807, 2.05) is 31.3 Å². The molecular formula is C18H29N3O2. The maximum absolute atomic E-state index is 12.1. The number of likely N-dealkylation sites (tertiary alicyclic amines) is 1. The molecule has 5 heteroatoms. The second-order valence-electron chi connectivity index (χ2n) is 6.14. The molecule has 1 aliphatic heterocycles. The third kappa shape index (κ3) is 6.20. The second-order valence-corrected chi connectivity index (χ2v) is 6.14. The van der Waals surface area contributed by atoms with Crippen molar-refractivity contribution in [3.63, 3.8) is 0 Å². The molecule has 1 fully saturated rings. The van der Waals surface area contributed by atoms with Gasteiger partial charge in [0, 0.05) is 19.1 Å². The van der Waals surface area contributed by atoms with Gasteiger partial charge in [0.15, 0.2) is 0 Å². The Morgan fingerprint density at radius 3 is 3.09 bits per heavy atom. The van der Waals surface area contributed by atoms with Crippen LogP contribution in [0.5, 0.6) is 5.75 Å². The summed E-state index contributed by atoms with van der Waals surface area (Å²) in [5, 5.41) is 6.31. The highest BCUT2D eigenvalue weighted by molar-refractivity contribution is 5.78.